The van der Waals surface area contributed by atoms with E-state index in [1.165, 1.54) is 31.4 Å². The average Bonchev–Trinajstić information content (AvgIpc) is 2.87. The summed E-state index contributed by atoms with van der Waals surface area (Å²) >= 11 is 5.96. The number of rotatable bonds is 3. The van der Waals surface area contributed by atoms with Crippen LogP contribution in [0.2, 0.25) is 5.02 Å². The number of carbonyl (C=O) groups is 1. The van der Waals surface area contributed by atoms with Crippen LogP contribution in [0.4, 0.5) is 5.69 Å². The van der Waals surface area contributed by atoms with Gasteiger partial charge in [-0.3, -0.25) is 4.98 Å². The normalized spacial score (nSPS) is 19.0. The van der Waals surface area contributed by atoms with Crippen molar-refractivity contribution in [2.24, 2.45) is 4.99 Å². The van der Waals surface area contributed by atoms with Crippen molar-refractivity contribution in [3.63, 3.8) is 0 Å². The minimum Gasteiger partial charge on any atom is -0.400 e. The lowest BCUT2D eigenvalue weighted by atomic mass is 10.1. The average molecular weight is 382 g/mol. The molecule has 0 bridgehead atoms. The number of nitrogens with zero attached hydrogens (tertiary/aromatic N) is 3. The summed E-state index contributed by atoms with van der Waals surface area (Å²) in [4.78, 5) is 23.0. The molecule has 1 aromatic carbocycles. The molecule has 4 rings (SSSR count). The topological polar surface area (TPSA) is 54.8 Å². The fourth-order valence-electron chi connectivity index (χ4n) is 3.31. The number of ether oxygens (including phenoxy) is 1. The third kappa shape index (κ3) is 4.19. The van der Waals surface area contributed by atoms with Gasteiger partial charge in [-0.05, 0) is 48.7 Å². The number of hydrogen-bond acceptors (Lipinski definition) is 5. The number of pyridine rings is 1. The molecule has 2 aliphatic rings. The Morgan fingerprint density at radius 3 is 2.48 bits per heavy atom. The second kappa shape index (κ2) is 7.92. The highest BCUT2D eigenvalue weighted by Gasteiger charge is 2.25. The predicted molar refractivity (Wildman–Crippen MR) is 107 cm³/mol. The maximum absolute atomic E-state index is 12.1. The summed E-state index contributed by atoms with van der Waals surface area (Å²) < 4.78 is 5.23. The fraction of sp³-hybridized carbons (Fsp3) is 0.286. The van der Waals surface area contributed by atoms with Gasteiger partial charge in [0.25, 0.3) is 0 Å². The van der Waals surface area contributed by atoms with Gasteiger partial charge in [0.2, 0.25) is 5.90 Å². The molecule has 2 aromatic rings. The number of aromatic nitrogens is 1. The van der Waals surface area contributed by atoms with Crippen molar-refractivity contribution in [2.45, 2.75) is 25.7 Å². The summed E-state index contributed by atoms with van der Waals surface area (Å²) in [5, 5.41) is 0.514. The first-order chi connectivity index (χ1) is 13.2. The SMILES string of the molecule is O=C1OC(c2cc(Cl)ccn2)=N/C1=C\c1ccc(N2CCCCCC2)cc1. The first kappa shape index (κ1) is 17.7. The van der Waals surface area contributed by atoms with Gasteiger partial charge in [-0.25, -0.2) is 9.79 Å². The van der Waals surface area contributed by atoms with Gasteiger partial charge in [-0.15, -0.1) is 0 Å². The van der Waals surface area contributed by atoms with Crippen LogP contribution < -0.4 is 4.90 Å². The van der Waals surface area contributed by atoms with Crippen molar-refractivity contribution in [1.29, 1.82) is 0 Å². The Kier molecular flexibility index (Phi) is 5.21. The molecule has 0 N–H and O–H groups in total. The van der Waals surface area contributed by atoms with Gasteiger partial charge in [-0.1, -0.05) is 36.6 Å². The Labute approximate surface area is 163 Å². The molecule has 27 heavy (non-hydrogen) atoms. The number of benzene rings is 1. The van der Waals surface area contributed by atoms with Crippen molar-refractivity contribution in [2.75, 3.05) is 18.0 Å². The molecule has 0 unspecified atom stereocenters. The zero-order valence-electron chi connectivity index (χ0n) is 14.9. The van der Waals surface area contributed by atoms with Crippen LogP contribution in [-0.2, 0) is 9.53 Å². The highest BCUT2D eigenvalue weighted by molar-refractivity contribution is 6.31. The van der Waals surface area contributed by atoms with E-state index in [1.54, 1.807) is 24.4 Å². The molecule has 0 saturated carbocycles. The lowest BCUT2D eigenvalue weighted by molar-refractivity contribution is -0.129. The third-order valence-corrected chi connectivity index (χ3v) is 4.96. The molecule has 0 atom stereocenters. The lowest BCUT2D eigenvalue weighted by Gasteiger charge is -2.22. The van der Waals surface area contributed by atoms with Crippen molar-refractivity contribution in [1.82, 2.24) is 4.98 Å². The van der Waals surface area contributed by atoms with E-state index in [1.807, 2.05) is 12.1 Å². The maximum atomic E-state index is 12.1. The van der Waals surface area contributed by atoms with E-state index >= 15 is 0 Å². The molecular formula is C21H20ClN3O2. The molecule has 6 heteroatoms. The lowest BCUT2D eigenvalue weighted by Crippen LogP contribution is -2.23. The van der Waals surface area contributed by atoms with E-state index in [0.29, 0.717) is 10.7 Å². The van der Waals surface area contributed by atoms with Crippen LogP contribution in [0.15, 0.2) is 53.3 Å². The van der Waals surface area contributed by atoms with E-state index in [-0.39, 0.29) is 11.6 Å². The molecule has 2 aliphatic heterocycles. The highest BCUT2D eigenvalue weighted by Crippen LogP contribution is 2.23. The standard InChI is InChI=1S/C21H20ClN3O2/c22-16-9-10-23-18(14-16)20-24-19(21(26)27-20)13-15-5-7-17(8-6-15)25-11-3-1-2-4-12-25/h5-10,13-14H,1-4,11-12H2/b19-13-. The Bertz CT molecular complexity index is 898. The van der Waals surface area contributed by atoms with E-state index in [9.17, 15) is 4.79 Å². The minimum atomic E-state index is -0.483. The van der Waals surface area contributed by atoms with Crippen molar-refractivity contribution >= 4 is 35.2 Å². The summed E-state index contributed by atoms with van der Waals surface area (Å²) in [7, 11) is 0. The van der Waals surface area contributed by atoms with Gasteiger partial charge in [0.1, 0.15) is 5.69 Å². The molecule has 0 amide bonds. The number of esters is 1. The Morgan fingerprint density at radius 1 is 1.04 bits per heavy atom. The summed E-state index contributed by atoms with van der Waals surface area (Å²) in [6, 6.07) is 11.5. The molecule has 3 heterocycles. The minimum absolute atomic E-state index is 0.176. The number of cyclic esters (lactones) is 1. The van der Waals surface area contributed by atoms with Gasteiger partial charge in [-0.2, -0.15) is 0 Å². The number of anilines is 1. The van der Waals surface area contributed by atoms with Crippen molar-refractivity contribution in [3.05, 3.63) is 64.6 Å². The van der Waals surface area contributed by atoms with Crippen LogP contribution >= 0.6 is 11.6 Å². The molecule has 1 fully saturated rings. The van der Waals surface area contributed by atoms with Gasteiger partial charge < -0.3 is 9.64 Å². The van der Waals surface area contributed by atoms with E-state index < -0.39 is 5.97 Å². The Balaban J connectivity index is 1.53. The molecule has 0 radical (unpaired) electrons. The van der Waals surface area contributed by atoms with Crippen LogP contribution in [0.5, 0.6) is 0 Å². The molecule has 138 valence electrons. The van der Waals surface area contributed by atoms with Crippen LogP contribution in [0.25, 0.3) is 6.08 Å². The molecule has 5 nitrogen and oxygen atoms in total. The first-order valence-electron chi connectivity index (χ1n) is 9.18. The molecule has 1 aromatic heterocycles. The van der Waals surface area contributed by atoms with E-state index in [4.69, 9.17) is 16.3 Å². The predicted octanol–water partition coefficient (Wildman–Crippen LogP) is 4.46. The summed E-state index contributed by atoms with van der Waals surface area (Å²) in [6.07, 6.45) is 8.39. The molecule has 0 aliphatic carbocycles. The monoisotopic (exact) mass is 381 g/mol. The van der Waals surface area contributed by atoms with Crippen LogP contribution in [-0.4, -0.2) is 29.9 Å². The van der Waals surface area contributed by atoms with Gasteiger partial charge in [0.15, 0.2) is 5.70 Å². The van der Waals surface area contributed by atoms with Gasteiger partial charge >= 0.3 is 5.97 Å². The molecular weight excluding hydrogens is 362 g/mol. The third-order valence-electron chi connectivity index (χ3n) is 4.73. The maximum Gasteiger partial charge on any atom is 0.363 e. The zero-order valence-corrected chi connectivity index (χ0v) is 15.7. The van der Waals surface area contributed by atoms with Crippen molar-refractivity contribution < 1.29 is 9.53 Å². The number of aliphatic imine (C=N–C) groups is 1. The van der Waals surface area contributed by atoms with Crippen LogP contribution in [0, 0.1) is 0 Å². The number of halogens is 1. The van der Waals surface area contributed by atoms with E-state index in [2.05, 4.69) is 27.0 Å². The Hall–Kier alpha value is -2.66. The van der Waals surface area contributed by atoms with Crippen molar-refractivity contribution in [3.8, 4) is 0 Å². The van der Waals surface area contributed by atoms with Gasteiger partial charge in [0, 0.05) is 30.0 Å². The van der Waals surface area contributed by atoms with Crippen LogP contribution in [0.1, 0.15) is 36.9 Å². The second-order valence-corrected chi connectivity index (χ2v) is 7.12. The van der Waals surface area contributed by atoms with Crippen LogP contribution in [0.3, 0.4) is 0 Å². The summed E-state index contributed by atoms with van der Waals surface area (Å²) in [6.45, 7) is 2.21. The number of hydrogen-bond donors (Lipinski definition) is 0. The fourth-order valence-corrected chi connectivity index (χ4v) is 3.47. The molecule has 0 spiro atoms. The highest BCUT2D eigenvalue weighted by atomic mass is 35.5. The largest absolute Gasteiger partial charge is 0.400 e. The van der Waals surface area contributed by atoms with E-state index in [0.717, 1.165) is 18.7 Å². The molecule has 1 saturated heterocycles. The Morgan fingerprint density at radius 2 is 1.78 bits per heavy atom. The quantitative estimate of drug-likeness (QED) is 0.581. The number of carbonyl (C=O) groups excluding carboxylic acids is 1. The first-order valence-corrected chi connectivity index (χ1v) is 9.56. The second-order valence-electron chi connectivity index (χ2n) is 6.69. The smallest absolute Gasteiger partial charge is 0.363 e. The zero-order chi connectivity index (χ0) is 18.6. The van der Waals surface area contributed by atoms with Gasteiger partial charge in [0.05, 0.1) is 0 Å². The summed E-state index contributed by atoms with van der Waals surface area (Å²) in [5.41, 5.74) is 2.83. The summed E-state index contributed by atoms with van der Waals surface area (Å²) in [5.74, 6) is -0.307.